The van der Waals surface area contributed by atoms with E-state index in [4.69, 9.17) is 4.74 Å². The zero-order chi connectivity index (χ0) is 17.1. The molecule has 2 saturated heterocycles. The highest BCUT2D eigenvalue weighted by atomic mass is 16.5. The fourth-order valence-electron chi connectivity index (χ4n) is 3.49. The molecule has 2 aliphatic heterocycles. The van der Waals surface area contributed by atoms with Crippen molar-refractivity contribution in [3.05, 3.63) is 24.3 Å². The van der Waals surface area contributed by atoms with Crippen LogP contribution in [0.2, 0.25) is 0 Å². The number of rotatable bonds is 4. The van der Waals surface area contributed by atoms with E-state index in [9.17, 15) is 9.59 Å². The Morgan fingerprint density at radius 3 is 2.50 bits per heavy atom. The second kappa shape index (κ2) is 7.21. The lowest BCUT2D eigenvalue weighted by Crippen LogP contribution is -2.56. The maximum atomic E-state index is 12.6. The van der Waals surface area contributed by atoms with Crippen molar-refractivity contribution >= 4 is 17.5 Å². The van der Waals surface area contributed by atoms with E-state index in [0.717, 1.165) is 31.6 Å². The maximum Gasteiger partial charge on any atom is 0.241 e. The molecule has 2 heterocycles. The molecule has 0 unspecified atom stereocenters. The highest BCUT2D eigenvalue weighted by Crippen LogP contribution is 2.29. The van der Waals surface area contributed by atoms with Crippen LogP contribution in [0.5, 0.6) is 5.75 Å². The standard InChI is InChI=1S/C18H25N3O3/c1-14(18(23)19-9-5-6-10-19)20-11-12-21(17(22)13-20)15-7-3-4-8-16(15)24-2/h3-4,7-8,14H,5-6,9-13H2,1-2H3/t14-/m0/s1. The molecule has 1 atom stereocenters. The summed E-state index contributed by atoms with van der Waals surface area (Å²) in [5, 5.41) is 0. The molecule has 6 nitrogen and oxygen atoms in total. The zero-order valence-electron chi connectivity index (χ0n) is 14.4. The fraction of sp³-hybridized carbons (Fsp3) is 0.556. The molecule has 0 radical (unpaired) electrons. The Bertz CT molecular complexity index is 613. The Labute approximate surface area is 143 Å². The van der Waals surface area contributed by atoms with Gasteiger partial charge in [-0.05, 0) is 31.9 Å². The molecule has 2 fully saturated rings. The average molecular weight is 331 g/mol. The molecule has 1 aromatic carbocycles. The first-order valence-corrected chi connectivity index (χ1v) is 8.58. The molecule has 3 rings (SSSR count). The van der Waals surface area contributed by atoms with Crippen molar-refractivity contribution in [2.45, 2.75) is 25.8 Å². The van der Waals surface area contributed by atoms with Gasteiger partial charge in [0, 0.05) is 26.2 Å². The van der Waals surface area contributed by atoms with E-state index < -0.39 is 0 Å². The van der Waals surface area contributed by atoms with Crippen molar-refractivity contribution in [3.63, 3.8) is 0 Å². The number of carbonyl (C=O) groups excluding carboxylic acids is 2. The van der Waals surface area contributed by atoms with Crippen LogP contribution in [0.15, 0.2) is 24.3 Å². The summed E-state index contributed by atoms with van der Waals surface area (Å²) in [7, 11) is 1.61. The summed E-state index contributed by atoms with van der Waals surface area (Å²) in [6, 6.07) is 7.29. The monoisotopic (exact) mass is 331 g/mol. The Morgan fingerprint density at radius 2 is 1.83 bits per heavy atom. The predicted molar refractivity (Wildman–Crippen MR) is 92.2 cm³/mol. The molecule has 0 spiro atoms. The van der Waals surface area contributed by atoms with Crippen LogP contribution in [0.25, 0.3) is 0 Å². The van der Waals surface area contributed by atoms with Crippen LogP contribution >= 0.6 is 0 Å². The average Bonchev–Trinajstić information content (AvgIpc) is 3.15. The molecular weight excluding hydrogens is 306 g/mol. The summed E-state index contributed by atoms with van der Waals surface area (Å²) >= 11 is 0. The minimum Gasteiger partial charge on any atom is -0.495 e. The molecule has 6 heteroatoms. The highest BCUT2D eigenvalue weighted by molar-refractivity contribution is 5.97. The molecule has 0 aliphatic carbocycles. The number of anilines is 1. The van der Waals surface area contributed by atoms with Crippen molar-refractivity contribution < 1.29 is 14.3 Å². The van der Waals surface area contributed by atoms with E-state index in [2.05, 4.69) is 0 Å². The summed E-state index contributed by atoms with van der Waals surface area (Å²) in [5.74, 6) is 0.846. The van der Waals surface area contributed by atoms with E-state index in [1.807, 2.05) is 41.0 Å². The molecule has 130 valence electrons. The van der Waals surface area contributed by atoms with E-state index in [-0.39, 0.29) is 24.4 Å². The topological polar surface area (TPSA) is 53.1 Å². The second-order valence-electron chi connectivity index (χ2n) is 6.40. The Kier molecular flexibility index (Phi) is 5.04. The van der Waals surface area contributed by atoms with Gasteiger partial charge in [-0.25, -0.2) is 0 Å². The normalized spacial score (nSPS) is 20.3. The van der Waals surface area contributed by atoms with Crippen LogP contribution in [0.4, 0.5) is 5.69 Å². The molecule has 0 bridgehead atoms. The van der Waals surface area contributed by atoms with Gasteiger partial charge in [-0.2, -0.15) is 0 Å². The number of likely N-dealkylation sites (tertiary alicyclic amines) is 1. The van der Waals surface area contributed by atoms with Crippen molar-refractivity contribution in [3.8, 4) is 5.75 Å². The Hall–Kier alpha value is -2.08. The van der Waals surface area contributed by atoms with Gasteiger partial charge in [0.05, 0.1) is 25.4 Å². The van der Waals surface area contributed by atoms with Gasteiger partial charge in [0.2, 0.25) is 11.8 Å². The number of benzene rings is 1. The van der Waals surface area contributed by atoms with Crippen LogP contribution < -0.4 is 9.64 Å². The first-order valence-electron chi connectivity index (χ1n) is 8.58. The highest BCUT2D eigenvalue weighted by Gasteiger charge is 2.33. The molecular formula is C18H25N3O3. The smallest absolute Gasteiger partial charge is 0.241 e. The quantitative estimate of drug-likeness (QED) is 0.836. The molecule has 2 aliphatic rings. The van der Waals surface area contributed by atoms with E-state index >= 15 is 0 Å². The first kappa shape index (κ1) is 16.8. The molecule has 0 saturated carbocycles. The van der Waals surface area contributed by atoms with E-state index in [0.29, 0.717) is 18.8 Å². The number of nitrogens with zero attached hydrogens (tertiary/aromatic N) is 3. The number of ether oxygens (including phenoxy) is 1. The largest absolute Gasteiger partial charge is 0.495 e. The SMILES string of the molecule is COc1ccccc1N1CCN([C@@H](C)C(=O)N2CCCC2)CC1=O. The summed E-state index contributed by atoms with van der Waals surface area (Å²) < 4.78 is 5.36. The van der Waals surface area contributed by atoms with Crippen LogP contribution in [0, 0.1) is 0 Å². The van der Waals surface area contributed by atoms with E-state index in [1.54, 1.807) is 12.0 Å². The fourth-order valence-corrected chi connectivity index (χ4v) is 3.49. The van der Waals surface area contributed by atoms with Crippen LogP contribution in [-0.2, 0) is 9.59 Å². The second-order valence-corrected chi connectivity index (χ2v) is 6.40. The lowest BCUT2D eigenvalue weighted by molar-refractivity contribution is -0.136. The lowest BCUT2D eigenvalue weighted by Gasteiger charge is -2.38. The molecule has 1 aromatic rings. The van der Waals surface area contributed by atoms with Gasteiger partial charge in [0.25, 0.3) is 0 Å². The number of hydrogen-bond donors (Lipinski definition) is 0. The minimum absolute atomic E-state index is 0.00632. The van der Waals surface area contributed by atoms with Crippen molar-refractivity contribution in [2.75, 3.05) is 44.7 Å². The van der Waals surface area contributed by atoms with Gasteiger partial charge in [0.15, 0.2) is 0 Å². The number of piperazine rings is 1. The molecule has 2 amide bonds. The van der Waals surface area contributed by atoms with Gasteiger partial charge < -0.3 is 14.5 Å². The van der Waals surface area contributed by atoms with Crippen LogP contribution in [0.1, 0.15) is 19.8 Å². The number of methoxy groups -OCH3 is 1. The number of hydrogen-bond acceptors (Lipinski definition) is 4. The number of amides is 2. The van der Waals surface area contributed by atoms with Gasteiger partial charge in [-0.3, -0.25) is 14.5 Å². The summed E-state index contributed by atoms with van der Waals surface area (Å²) in [6.07, 6.45) is 2.16. The Morgan fingerprint density at radius 1 is 1.12 bits per heavy atom. The molecule has 24 heavy (non-hydrogen) atoms. The van der Waals surface area contributed by atoms with Crippen molar-refractivity contribution in [1.82, 2.24) is 9.80 Å². The predicted octanol–water partition coefficient (Wildman–Crippen LogP) is 1.35. The summed E-state index contributed by atoms with van der Waals surface area (Å²) in [5.41, 5.74) is 0.795. The molecule has 0 aromatic heterocycles. The van der Waals surface area contributed by atoms with Crippen LogP contribution in [0.3, 0.4) is 0 Å². The van der Waals surface area contributed by atoms with E-state index in [1.165, 1.54) is 0 Å². The lowest BCUT2D eigenvalue weighted by atomic mass is 10.1. The van der Waals surface area contributed by atoms with Crippen molar-refractivity contribution in [1.29, 1.82) is 0 Å². The minimum atomic E-state index is -0.244. The first-order chi connectivity index (χ1) is 11.6. The third kappa shape index (κ3) is 3.24. The molecule has 0 N–H and O–H groups in total. The number of carbonyl (C=O) groups is 2. The summed E-state index contributed by atoms with van der Waals surface area (Å²) in [4.78, 5) is 30.8. The van der Waals surface area contributed by atoms with Gasteiger partial charge in [-0.1, -0.05) is 12.1 Å². The zero-order valence-corrected chi connectivity index (χ0v) is 14.4. The van der Waals surface area contributed by atoms with Gasteiger partial charge in [-0.15, -0.1) is 0 Å². The van der Waals surface area contributed by atoms with Crippen molar-refractivity contribution in [2.24, 2.45) is 0 Å². The number of para-hydroxylation sites is 2. The van der Waals surface area contributed by atoms with Gasteiger partial charge in [0.1, 0.15) is 5.75 Å². The summed E-state index contributed by atoms with van der Waals surface area (Å²) in [6.45, 7) is 5.11. The third-order valence-corrected chi connectivity index (χ3v) is 4.95. The van der Waals surface area contributed by atoms with Crippen LogP contribution in [-0.4, -0.2) is 67.5 Å². The maximum absolute atomic E-state index is 12.6. The third-order valence-electron chi connectivity index (χ3n) is 4.95. The Balaban J connectivity index is 1.66. The van der Waals surface area contributed by atoms with Gasteiger partial charge >= 0.3 is 0 Å².